The van der Waals surface area contributed by atoms with E-state index in [4.69, 9.17) is 10.8 Å². The van der Waals surface area contributed by atoms with Crippen molar-refractivity contribution < 1.29 is 27.9 Å². The average Bonchev–Trinajstić information content (AvgIpc) is 2.69. The normalized spacial score (nSPS) is 17.0. The minimum atomic E-state index is -4.66. The van der Waals surface area contributed by atoms with E-state index in [1.807, 2.05) is 0 Å². The Labute approximate surface area is 122 Å². The van der Waals surface area contributed by atoms with E-state index in [0.717, 1.165) is 0 Å². The molecule has 0 bridgehead atoms. The molecule has 0 unspecified atom stereocenters. The molecule has 0 saturated heterocycles. The molecule has 1 aromatic rings. The van der Waals surface area contributed by atoms with Gasteiger partial charge in [0.15, 0.2) is 5.71 Å². The highest BCUT2D eigenvalue weighted by atomic mass is 19.4. The monoisotopic (exact) mass is 313 g/mol. The lowest BCUT2D eigenvalue weighted by Gasteiger charge is -2.13. The van der Waals surface area contributed by atoms with E-state index in [-0.39, 0.29) is 16.3 Å². The van der Waals surface area contributed by atoms with Gasteiger partial charge in [-0.15, -0.1) is 0 Å². The number of amides is 2. The SMILES string of the molecule is NC(=O)C1=NN(CC(F)(F)F)C(=O)C1=Cc1ccc(O)cc1. The Morgan fingerprint density at radius 2 is 1.91 bits per heavy atom. The van der Waals surface area contributed by atoms with E-state index < -0.39 is 30.2 Å². The van der Waals surface area contributed by atoms with Crippen LogP contribution >= 0.6 is 0 Å². The number of phenols is 1. The lowest BCUT2D eigenvalue weighted by atomic mass is 10.1. The zero-order chi connectivity index (χ0) is 16.5. The van der Waals surface area contributed by atoms with Crippen molar-refractivity contribution in [1.29, 1.82) is 0 Å². The number of benzene rings is 1. The van der Waals surface area contributed by atoms with Gasteiger partial charge in [-0.3, -0.25) is 9.59 Å². The molecule has 1 aliphatic heterocycles. The van der Waals surface area contributed by atoms with E-state index in [9.17, 15) is 22.8 Å². The van der Waals surface area contributed by atoms with Crippen LogP contribution in [0.5, 0.6) is 5.75 Å². The first-order valence-corrected chi connectivity index (χ1v) is 5.95. The number of hydrogen-bond donors (Lipinski definition) is 2. The molecule has 1 heterocycles. The number of phenolic OH excluding ortho intramolecular Hbond substituents is 1. The molecule has 1 aromatic carbocycles. The summed E-state index contributed by atoms with van der Waals surface area (Å²) in [6, 6.07) is 5.47. The Kier molecular flexibility index (Phi) is 3.89. The maximum Gasteiger partial charge on any atom is 0.408 e. The number of carbonyl (C=O) groups excluding carboxylic acids is 2. The third kappa shape index (κ3) is 3.43. The second-order valence-electron chi connectivity index (χ2n) is 4.44. The van der Waals surface area contributed by atoms with E-state index in [1.165, 1.54) is 30.3 Å². The zero-order valence-electron chi connectivity index (χ0n) is 11.0. The predicted molar refractivity (Wildman–Crippen MR) is 70.5 cm³/mol. The number of carbonyl (C=O) groups is 2. The molecule has 9 heteroatoms. The van der Waals surface area contributed by atoms with Gasteiger partial charge in [-0.05, 0) is 23.8 Å². The highest BCUT2D eigenvalue weighted by Crippen LogP contribution is 2.24. The number of rotatable bonds is 3. The lowest BCUT2D eigenvalue weighted by Crippen LogP contribution is -2.32. The molecule has 0 aromatic heterocycles. The van der Waals surface area contributed by atoms with Crippen LogP contribution in [0.4, 0.5) is 13.2 Å². The molecule has 3 N–H and O–H groups in total. The number of aromatic hydroxyl groups is 1. The number of hydrazone groups is 1. The Bertz CT molecular complexity index is 678. The standard InChI is InChI=1S/C13H10F3N3O3/c14-13(15,16)6-19-12(22)9(10(18-19)11(17)21)5-7-1-3-8(20)4-2-7/h1-5,20H,6H2,(H2,17,21). The van der Waals surface area contributed by atoms with Crippen molar-refractivity contribution in [3.05, 3.63) is 35.4 Å². The molecule has 0 aliphatic carbocycles. The van der Waals surface area contributed by atoms with Crippen LogP contribution in [0, 0.1) is 0 Å². The van der Waals surface area contributed by atoms with E-state index >= 15 is 0 Å². The third-order valence-electron chi connectivity index (χ3n) is 2.71. The molecule has 0 atom stereocenters. The van der Waals surface area contributed by atoms with Crippen LogP contribution in [0.2, 0.25) is 0 Å². The maximum atomic E-state index is 12.4. The van der Waals surface area contributed by atoms with Crippen LogP contribution in [0.15, 0.2) is 34.9 Å². The maximum absolute atomic E-state index is 12.4. The minimum Gasteiger partial charge on any atom is -0.508 e. The smallest absolute Gasteiger partial charge is 0.408 e. The topological polar surface area (TPSA) is 96.0 Å². The quantitative estimate of drug-likeness (QED) is 0.816. The summed E-state index contributed by atoms with van der Waals surface area (Å²) in [5, 5.41) is 12.6. The molecular formula is C13H10F3N3O3. The average molecular weight is 313 g/mol. The molecule has 0 saturated carbocycles. The first-order chi connectivity index (χ1) is 10.2. The van der Waals surface area contributed by atoms with Crippen LogP contribution in [-0.2, 0) is 9.59 Å². The van der Waals surface area contributed by atoms with Gasteiger partial charge in [0.05, 0.1) is 5.57 Å². The van der Waals surface area contributed by atoms with Crippen molar-refractivity contribution in [1.82, 2.24) is 5.01 Å². The van der Waals surface area contributed by atoms with Crippen molar-refractivity contribution in [3.8, 4) is 5.75 Å². The number of primary amides is 1. The van der Waals surface area contributed by atoms with Gasteiger partial charge in [0.25, 0.3) is 11.8 Å². The Morgan fingerprint density at radius 3 is 2.41 bits per heavy atom. The molecule has 2 rings (SSSR count). The van der Waals surface area contributed by atoms with Gasteiger partial charge in [0.2, 0.25) is 0 Å². The molecular weight excluding hydrogens is 303 g/mol. The molecule has 6 nitrogen and oxygen atoms in total. The van der Waals surface area contributed by atoms with Gasteiger partial charge in [0.1, 0.15) is 12.3 Å². The summed E-state index contributed by atoms with van der Waals surface area (Å²) in [5.41, 5.74) is 4.57. The van der Waals surface area contributed by atoms with Gasteiger partial charge in [-0.1, -0.05) is 12.1 Å². The first-order valence-electron chi connectivity index (χ1n) is 5.95. The van der Waals surface area contributed by atoms with Gasteiger partial charge in [-0.2, -0.15) is 18.3 Å². The fourth-order valence-electron chi connectivity index (χ4n) is 1.79. The van der Waals surface area contributed by atoms with Crippen LogP contribution in [0.25, 0.3) is 6.08 Å². The van der Waals surface area contributed by atoms with E-state index in [0.29, 0.717) is 5.56 Å². The molecule has 22 heavy (non-hydrogen) atoms. The summed E-state index contributed by atoms with van der Waals surface area (Å²) in [4.78, 5) is 23.2. The summed E-state index contributed by atoms with van der Waals surface area (Å²) in [7, 11) is 0. The van der Waals surface area contributed by atoms with Crippen LogP contribution in [0.1, 0.15) is 5.56 Å². The van der Waals surface area contributed by atoms with Crippen molar-refractivity contribution in [2.75, 3.05) is 6.54 Å². The van der Waals surface area contributed by atoms with Crippen molar-refractivity contribution >= 4 is 23.6 Å². The Hall–Kier alpha value is -2.84. The second-order valence-corrected chi connectivity index (χ2v) is 4.44. The van der Waals surface area contributed by atoms with Crippen LogP contribution < -0.4 is 5.73 Å². The summed E-state index contributed by atoms with van der Waals surface area (Å²) < 4.78 is 37.1. The lowest BCUT2D eigenvalue weighted by molar-refractivity contribution is -0.157. The molecule has 1 aliphatic rings. The summed E-state index contributed by atoms with van der Waals surface area (Å²) in [6.07, 6.45) is -3.47. The van der Waals surface area contributed by atoms with Crippen LogP contribution in [0.3, 0.4) is 0 Å². The van der Waals surface area contributed by atoms with Crippen molar-refractivity contribution in [2.24, 2.45) is 10.8 Å². The van der Waals surface area contributed by atoms with E-state index in [2.05, 4.69) is 5.10 Å². The first kappa shape index (κ1) is 15.5. The number of halogens is 3. The number of nitrogens with two attached hydrogens (primary N) is 1. The van der Waals surface area contributed by atoms with Crippen molar-refractivity contribution in [2.45, 2.75) is 6.18 Å². The highest BCUT2D eigenvalue weighted by molar-refractivity contribution is 6.53. The van der Waals surface area contributed by atoms with Gasteiger partial charge >= 0.3 is 6.18 Å². The predicted octanol–water partition coefficient (Wildman–Crippen LogP) is 1.02. The minimum absolute atomic E-state index is 0.0256. The third-order valence-corrected chi connectivity index (χ3v) is 2.71. The highest BCUT2D eigenvalue weighted by Gasteiger charge is 2.40. The van der Waals surface area contributed by atoms with E-state index in [1.54, 1.807) is 0 Å². The Morgan fingerprint density at radius 1 is 1.32 bits per heavy atom. The Balaban J connectivity index is 2.38. The molecule has 0 fully saturated rings. The number of alkyl halides is 3. The fraction of sp³-hybridized carbons (Fsp3) is 0.154. The van der Waals surface area contributed by atoms with Crippen molar-refractivity contribution in [3.63, 3.8) is 0 Å². The van der Waals surface area contributed by atoms with Gasteiger partial charge in [0, 0.05) is 0 Å². The second kappa shape index (κ2) is 5.51. The number of nitrogens with zero attached hydrogens (tertiary/aromatic N) is 2. The van der Waals surface area contributed by atoms with Gasteiger partial charge in [-0.25, -0.2) is 5.01 Å². The summed E-state index contributed by atoms with van der Waals surface area (Å²) in [5.74, 6) is -2.20. The summed E-state index contributed by atoms with van der Waals surface area (Å²) in [6.45, 7) is -1.62. The molecule has 2 amide bonds. The molecule has 0 spiro atoms. The van der Waals surface area contributed by atoms with Gasteiger partial charge < -0.3 is 10.8 Å². The fourth-order valence-corrected chi connectivity index (χ4v) is 1.79. The molecule has 116 valence electrons. The summed E-state index contributed by atoms with van der Waals surface area (Å²) >= 11 is 0. The number of hydrogen-bond acceptors (Lipinski definition) is 4. The largest absolute Gasteiger partial charge is 0.508 e. The molecule has 0 radical (unpaired) electrons. The van der Waals surface area contributed by atoms with Crippen LogP contribution in [-0.4, -0.2) is 40.4 Å². The zero-order valence-corrected chi connectivity index (χ0v) is 11.0.